The van der Waals surface area contributed by atoms with Gasteiger partial charge in [-0.1, -0.05) is 6.07 Å². The van der Waals surface area contributed by atoms with Crippen molar-refractivity contribution in [3.8, 4) is 0 Å². The minimum absolute atomic E-state index is 0.194. The minimum atomic E-state index is -0.702. The number of carbonyl (C=O) groups is 3. The van der Waals surface area contributed by atoms with E-state index in [1.54, 1.807) is 0 Å². The molecule has 2 N–H and O–H groups in total. The van der Waals surface area contributed by atoms with Gasteiger partial charge in [-0.3, -0.25) is 19.7 Å². The number of benzene rings is 1. The SMILES string of the molecule is O=C1CC[C@H](N2CCc3c(N4CCC(C(=O)O)CC4)cccc32)C(=O)N1. The normalized spacial score (nSPS) is 23.8. The summed E-state index contributed by atoms with van der Waals surface area (Å²) in [4.78, 5) is 39.2. The Morgan fingerprint density at radius 3 is 2.46 bits per heavy atom. The number of carbonyl (C=O) groups excluding carboxylic acids is 2. The van der Waals surface area contributed by atoms with Crippen LogP contribution in [-0.2, 0) is 20.8 Å². The van der Waals surface area contributed by atoms with Gasteiger partial charge in [0.1, 0.15) is 6.04 Å². The molecule has 0 bridgehead atoms. The summed E-state index contributed by atoms with van der Waals surface area (Å²) in [5.41, 5.74) is 3.45. The monoisotopic (exact) mass is 357 g/mol. The zero-order chi connectivity index (χ0) is 18.3. The number of carboxylic acids is 1. The number of fused-ring (bicyclic) bond motifs is 1. The van der Waals surface area contributed by atoms with Gasteiger partial charge in [-0.15, -0.1) is 0 Å². The third kappa shape index (κ3) is 2.91. The topological polar surface area (TPSA) is 90.0 Å². The fraction of sp³-hybridized carbons (Fsp3) is 0.526. The second-order valence-corrected chi connectivity index (χ2v) is 7.28. The van der Waals surface area contributed by atoms with Crippen LogP contribution in [0.15, 0.2) is 18.2 Å². The number of rotatable bonds is 3. The molecule has 0 aromatic heterocycles. The summed E-state index contributed by atoms with van der Waals surface area (Å²) >= 11 is 0. The molecule has 1 aromatic carbocycles. The van der Waals surface area contributed by atoms with E-state index in [0.29, 0.717) is 25.7 Å². The molecular formula is C19H23N3O4. The van der Waals surface area contributed by atoms with E-state index in [1.165, 1.54) is 5.56 Å². The molecule has 7 heteroatoms. The molecule has 4 rings (SSSR count). The summed E-state index contributed by atoms with van der Waals surface area (Å²) in [6.07, 6.45) is 3.12. The third-order valence-electron chi connectivity index (χ3n) is 5.81. The zero-order valence-corrected chi connectivity index (χ0v) is 14.6. The van der Waals surface area contributed by atoms with Gasteiger partial charge in [-0.25, -0.2) is 0 Å². The highest BCUT2D eigenvalue weighted by Gasteiger charge is 2.36. The molecule has 0 saturated carbocycles. The lowest BCUT2D eigenvalue weighted by molar-refractivity contribution is -0.142. The van der Waals surface area contributed by atoms with Crippen molar-refractivity contribution in [1.29, 1.82) is 0 Å². The molecule has 26 heavy (non-hydrogen) atoms. The molecule has 0 spiro atoms. The van der Waals surface area contributed by atoms with E-state index >= 15 is 0 Å². The summed E-state index contributed by atoms with van der Waals surface area (Å²) in [5, 5.41) is 11.6. The summed E-state index contributed by atoms with van der Waals surface area (Å²) in [5.74, 6) is -1.35. The van der Waals surface area contributed by atoms with Crippen LogP contribution in [-0.4, -0.2) is 48.6 Å². The van der Waals surface area contributed by atoms with E-state index in [0.717, 1.165) is 37.4 Å². The summed E-state index contributed by atoms with van der Waals surface area (Å²) in [6.45, 7) is 2.25. The van der Waals surface area contributed by atoms with Gasteiger partial charge in [0.2, 0.25) is 11.8 Å². The first kappa shape index (κ1) is 16.9. The molecule has 1 atom stereocenters. The van der Waals surface area contributed by atoms with Crippen molar-refractivity contribution >= 4 is 29.2 Å². The number of nitrogens with zero attached hydrogens (tertiary/aromatic N) is 2. The van der Waals surface area contributed by atoms with Crippen molar-refractivity contribution in [3.05, 3.63) is 23.8 Å². The van der Waals surface area contributed by atoms with Crippen LogP contribution in [0.2, 0.25) is 0 Å². The highest BCUT2D eigenvalue weighted by Crippen LogP contribution is 2.38. The summed E-state index contributed by atoms with van der Waals surface area (Å²) in [7, 11) is 0. The molecule has 0 unspecified atom stereocenters. The Morgan fingerprint density at radius 1 is 1.04 bits per heavy atom. The Morgan fingerprint density at radius 2 is 1.77 bits per heavy atom. The second-order valence-electron chi connectivity index (χ2n) is 7.28. The third-order valence-corrected chi connectivity index (χ3v) is 5.81. The highest BCUT2D eigenvalue weighted by molar-refractivity contribution is 6.02. The highest BCUT2D eigenvalue weighted by atomic mass is 16.4. The maximum absolute atomic E-state index is 12.2. The number of hydrogen-bond acceptors (Lipinski definition) is 5. The lowest BCUT2D eigenvalue weighted by Crippen LogP contribution is -2.52. The van der Waals surface area contributed by atoms with Crippen LogP contribution in [0.3, 0.4) is 0 Å². The summed E-state index contributed by atoms with van der Waals surface area (Å²) < 4.78 is 0. The van der Waals surface area contributed by atoms with E-state index in [4.69, 9.17) is 0 Å². The van der Waals surface area contributed by atoms with Crippen molar-refractivity contribution in [2.45, 2.75) is 38.1 Å². The number of amides is 2. The van der Waals surface area contributed by atoms with Gasteiger partial charge in [0.05, 0.1) is 5.92 Å². The van der Waals surface area contributed by atoms with E-state index < -0.39 is 5.97 Å². The number of aliphatic carboxylic acids is 1. The van der Waals surface area contributed by atoms with Crippen molar-refractivity contribution in [2.75, 3.05) is 29.4 Å². The zero-order valence-electron chi connectivity index (χ0n) is 14.6. The average Bonchev–Trinajstić information content (AvgIpc) is 3.06. The van der Waals surface area contributed by atoms with Gasteiger partial charge in [0, 0.05) is 43.0 Å². The number of anilines is 2. The van der Waals surface area contributed by atoms with Crippen molar-refractivity contribution < 1.29 is 19.5 Å². The molecule has 3 aliphatic rings. The van der Waals surface area contributed by atoms with E-state index in [9.17, 15) is 19.5 Å². The molecule has 0 aliphatic carbocycles. The summed E-state index contributed by atoms with van der Waals surface area (Å²) in [6, 6.07) is 5.84. The van der Waals surface area contributed by atoms with E-state index in [1.807, 2.05) is 12.1 Å². The fourth-order valence-corrected chi connectivity index (χ4v) is 4.41. The van der Waals surface area contributed by atoms with Crippen LogP contribution in [0.5, 0.6) is 0 Å². The quantitative estimate of drug-likeness (QED) is 0.789. The Hall–Kier alpha value is -2.57. The van der Waals surface area contributed by atoms with Crippen LogP contribution >= 0.6 is 0 Å². The first-order valence-electron chi connectivity index (χ1n) is 9.24. The second kappa shape index (κ2) is 6.63. The van der Waals surface area contributed by atoms with Gasteiger partial charge >= 0.3 is 5.97 Å². The Labute approximate surface area is 152 Å². The molecular weight excluding hydrogens is 334 g/mol. The average molecular weight is 357 g/mol. The van der Waals surface area contributed by atoms with Gasteiger partial charge in [0.25, 0.3) is 0 Å². The Balaban J connectivity index is 1.55. The van der Waals surface area contributed by atoms with Crippen LogP contribution in [0.4, 0.5) is 11.4 Å². The molecule has 0 radical (unpaired) electrons. The molecule has 3 heterocycles. The first-order valence-corrected chi connectivity index (χ1v) is 9.24. The van der Waals surface area contributed by atoms with Gasteiger partial charge < -0.3 is 14.9 Å². The smallest absolute Gasteiger partial charge is 0.306 e. The van der Waals surface area contributed by atoms with Crippen molar-refractivity contribution in [3.63, 3.8) is 0 Å². The number of piperidine rings is 2. The van der Waals surface area contributed by atoms with Gasteiger partial charge in [-0.05, 0) is 37.8 Å². The molecule has 1 aromatic rings. The molecule has 2 saturated heterocycles. The van der Waals surface area contributed by atoms with Crippen LogP contribution in [0.25, 0.3) is 0 Å². The van der Waals surface area contributed by atoms with Crippen molar-refractivity contribution in [1.82, 2.24) is 5.32 Å². The van der Waals surface area contributed by atoms with Crippen LogP contribution in [0, 0.1) is 5.92 Å². The molecule has 2 amide bonds. The maximum Gasteiger partial charge on any atom is 0.306 e. The lowest BCUT2D eigenvalue weighted by atomic mass is 9.96. The predicted molar refractivity (Wildman–Crippen MR) is 96.2 cm³/mol. The van der Waals surface area contributed by atoms with E-state index in [-0.39, 0.29) is 23.8 Å². The fourth-order valence-electron chi connectivity index (χ4n) is 4.41. The maximum atomic E-state index is 12.2. The molecule has 3 aliphatic heterocycles. The first-order chi connectivity index (χ1) is 12.5. The number of hydrogen-bond donors (Lipinski definition) is 2. The Kier molecular flexibility index (Phi) is 4.30. The minimum Gasteiger partial charge on any atom is -0.481 e. The van der Waals surface area contributed by atoms with Crippen molar-refractivity contribution in [2.24, 2.45) is 5.92 Å². The molecule has 2 fully saturated rings. The molecule has 7 nitrogen and oxygen atoms in total. The van der Waals surface area contributed by atoms with Gasteiger partial charge in [-0.2, -0.15) is 0 Å². The predicted octanol–water partition coefficient (Wildman–Crippen LogP) is 1.16. The molecule has 138 valence electrons. The number of nitrogens with one attached hydrogen (secondary N) is 1. The number of carboxylic acid groups (broad SMARTS) is 1. The number of imide groups is 1. The largest absolute Gasteiger partial charge is 0.481 e. The van der Waals surface area contributed by atoms with Gasteiger partial charge in [0.15, 0.2) is 0 Å². The lowest BCUT2D eigenvalue weighted by Gasteiger charge is -2.34. The Bertz CT molecular complexity index is 755. The van der Waals surface area contributed by atoms with E-state index in [2.05, 4.69) is 21.2 Å². The van der Waals surface area contributed by atoms with Crippen LogP contribution < -0.4 is 15.1 Å². The van der Waals surface area contributed by atoms with Crippen LogP contribution in [0.1, 0.15) is 31.2 Å². The standard InChI is InChI=1S/C19H23N3O4/c23-17-5-4-16(18(24)20-17)22-11-8-13-14(2-1-3-15(13)22)21-9-6-12(7-10-21)19(25)26/h1-3,12,16H,4-11H2,(H,25,26)(H,20,23,24)/t16-/m0/s1.